The minimum atomic E-state index is -3.59. The minimum Gasteiger partial charge on any atom is -0.381 e. The van der Waals surface area contributed by atoms with E-state index in [-0.39, 0.29) is 16.8 Å². The first kappa shape index (κ1) is 15.7. The molecule has 0 bridgehead atoms. The van der Waals surface area contributed by atoms with Crippen LogP contribution in [0.3, 0.4) is 0 Å². The van der Waals surface area contributed by atoms with Crippen molar-refractivity contribution in [2.75, 3.05) is 11.5 Å². The van der Waals surface area contributed by atoms with Gasteiger partial charge in [0.25, 0.3) is 0 Å². The Balaban J connectivity index is 2.12. The van der Waals surface area contributed by atoms with Gasteiger partial charge in [-0.1, -0.05) is 6.92 Å². The Morgan fingerprint density at radius 1 is 1.50 bits per heavy atom. The number of nitrogens with zero attached hydrogens (tertiary/aromatic N) is 2. The number of aromatic nitrogens is 2. The topological polar surface area (TPSA) is 90.0 Å². The zero-order valence-corrected chi connectivity index (χ0v) is 13.7. The highest BCUT2D eigenvalue weighted by molar-refractivity contribution is 7.99. The van der Waals surface area contributed by atoms with Crippen molar-refractivity contribution < 1.29 is 8.42 Å². The van der Waals surface area contributed by atoms with Crippen molar-refractivity contribution in [1.82, 2.24) is 14.5 Å². The Kier molecular flexibility index (Phi) is 4.66. The molecule has 1 fully saturated rings. The van der Waals surface area contributed by atoms with E-state index in [1.807, 2.05) is 11.8 Å². The highest BCUT2D eigenvalue weighted by Crippen LogP contribution is 2.31. The van der Waals surface area contributed by atoms with E-state index in [2.05, 4.69) is 16.7 Å². The molecule has 1 aliphatic carbocycles. The van der Waals surface area contributed by atoms with E-state index in [1.54, 1.807) is 14.0 Å². The number of nitrogens with one attached hydrogen (secondary N) is 1. The molecule has 20 heavy (non-hydrogen) atoms. The van der Waals surface area contributed by atoms with Crippen LogP contribution in [0.15, 0.2) is 4.90 Å². The van der Waals surface area contributed by atoms with E-state index in [4.69, 9.17) is 5.73 Å². The van der Waals surface area contributed by atoms with Crippen LogP contribution in [-0.2, 0) is 17.1 Å². The lowest BCUT2D eigenvalue weighted by atomic mass is 10.3. The summed E-state index contributed by atoms with van der Waals surface area (Å²) < 4.78 is 29.2. The lowest BCUT2D eigenvalue weighted by Crippen LogP contribution is -2.33. The molecule has 0 saturated heterocycles. The average Bonchev–Trinajstić information content (AvgIpc) is 2.85. The number of nitrogen functional groups attached to an aromatic ring is 1. The third kappa shape index (κ3) is 3.12. The first-order chi connectivity index (χ1) is 9.35. The summed E-state index contributed by atoms with van der Waals surface area (Å²) in [6.45, 7) is 3.84. The summed E-state index contributed by atoms with van der Waals surface area (Å²) in [7, 11) is -1.90. The largest absolute Gasteiger partial charge is 0.381 e. The number of anilines is 1. The molecular weight excluding hydrogens is 296 g/mol. The Morgan fingerprint density at radius 3 is 2.75 bits per heavy atom. The van der Waals surface area contributed by atoms with E-state index in [0.29, 0.717) is 10.9 Å². The van der Waals surface area contributed by atoms with Gasteiger partial charge in [-0.15, -0.1) is 0 Å². The van der Waals surface area contributed by atoms with E-state index >= 15 is 0 Å². The number of hydrogen-bond donors (Lipinski definition) is 2. The Hall–Kier alpha value is -0.730. The maximum atomic E-state index is 12.5. The highest BCUT2D eigenvalue weighted by atomic mass is 32.2. The van der Waals surface area contributed by atoms with E-state index in [1.165, 1.54) is 4.68 Å². The standard InChI is InChI=1S/C12H22N4O2S2/c1-4-19-10-6-5-9(7-10)15-20(17,18)11-8(2)16(3)14-12(11)13/h9-10,15H,4-7H2,1-3H3,(H2,13,14). The van der Waals surface area contributed by atoms with Crippen LogP contribution in [0.25, 0.3) is 0 Å². The molecule has 1 aromatic heterocycles. The van der Waals surface area contributed by atoms with Crippen molar-refractivity contribution in [3.05, 3.63) is 5.69 Å². The van der Waals surface area contributed by atoms with Crippen LogP contribution < -0.4 is 10.5 Å². The van der Waals surface area contributed by atoms with Crippen LogP contribution in [0.2, 0.25) is 0 Å². The molecule has 0 aliphatic heterocycles. The molecular formula is C12H22N4O2S2. The fourth-order valence-electron chi connectivity index (χ4n) is 2.66. The molecule has 114 valence electrons. The third-order valence-electron chi connectivity index (χ3n) is 3.68. The van der Waals surface area contributed by atoms with Crippen molar-refractivity contribution in [2.24, 2.45) is 7.05 Å². The summed E-state index contributed by atoms with van der Waals surface area (Å²) in [5.74, 6) is 1.13. The highest BCUT2D eigenvalue weighted by Gasteiger charge is 2.31. The van der Waals surface area contributed by atoms with Gasteiger partial charge in [-0.25, -0.2) is 13.1 Å². The van der Waals surface area contributed by atoms with Crippen LogP contribution in [-0.4, -0.2) is 35.2 Å². The van der Waals surface area contributed by atoms with Crippen LogP contribution >= 0.6 is 11.8 Å². The van der Waals surface area contributed by atoms with E-state index < -0.39 is 10.0 Å². The van der Waals surface area contributed by atoms with Gasteiger partial charge < -0.3 is 5.73 Å². The summed E-state index contributed by atoms with van der Waals surface area (Å²) in [5.41, 5.74) is 6.28. The van der Waals surface area contributed by atoms with Gasteiger partial charge >= 0.3 is 0 Å². The predicted octanol–water partition coefficient (Wildman–Crippen LogP) is 1.26. The number of hydrogen-bond acceptors (Lipinski definition) is 5. The second kappa shape index (κ2) is 5.95. The molecule has 0 amide bonds. The van der Waals surface area contributed by atoms with E-state index in [9.17, 15) is 8.42 Å². The number of thioether (sulfide) groups is 1. The summed E-state index contributed by atoms with van der Waals surface area (Å²) in [5, 5.41) is 4.52. The van der Waals surface area contributed by atoms with Crippen molar-refractivity contribution in [3.63, 3.8) is 0 Å². The van der Waals surface area contributed by atoms with Gasteiger partial charge in [0.2, 0.25) is 10.0 Å². The molecule has 2 atom stereocenters. The van der Waals surface area contributed by atoms with Gasteiger partial charge in [-0.2, -0.15) is 16.9 Å². The van der Waals surface area contributed by atoms with Crippen molar-refractivity contribution in [1.29, 1.82) is 0 Å². The number of rotatable bonds is 5. The van der Waals surface area contributed by atoms with Gasteiger partial charge in [0.05, 0.1) is 5.69 Å². The summed E-state index contributed by atoms with van der Waals surface area (Å²) in [6, 6.07) is 0.00283. The normalized spacial score (nSPS) is 23.4. The molecule has 3 N–H and O–H groups in total. The molecule has 1 saturated carbocycles. The second-order valence-electron chi connectivity index (χ2n) is 5.13. The third-order valence-corrected chi connectivity index (χ3v) is 6.60. The van der Waals surface area contributed by atoms with Gasteiger partial charge in [-0.05, 0) is 31.9 Å². The molecule has 1 heterocycles. The number of aryl methyl sites for hydroxylation is 1. The SMILES string of the molecule is CCSC1CCC(NS(=O)(=O)c2c(N)nn(C)c2C)C1. The van der Waals surface area contributed by atoms with E-state index in [0.717, 1.165) is 25.0 Å². The summed E-state index contributed by atoms with van der Waals surface area (Å²) in [6.07, 6.45) is 2.83. The molecule has 0 radical (unpaired) electrons. The van der Waals surface area contributed by atoms with Gasteiger partial charge in [0, 0.05) is 18.3 Å². The number of sulfonamides is 1. The zero-order chi connectivity index (χ0) is 14.9. The Labute approximate surface area is 124 Å². The van der Waals surface area contributed by atoms with Gasteiger partial charge in [0.1, 0.15) is 4.90 Å². The lowest BCUT2D eigenvalue weighted by molar-refractivity contribution is 0.552. The molecule has 2 unspecified atom stereocenters. The Morgan fingerprint density at radius 2 is 2.20 bits per heavy atom. The van der Waals surface area contributed by atoms with Crippen LogP contribution in [0.1, 0.15) is 31.9 Å². The predicted molar refractivity (Wildman–Crippen MR) is 82.2 cm³/mol. The second-order valence-corrected chi connectivity index (χ2v) is 8.36. The van der Waals surface area contributed by atoms with Gasteiger partial charge in [-0.3, -0.25) is 4.68 Å². The van der Waals surface area contributed by atoms with Crippen LogP contribution in [0.4, 0.5) is 5.82 Å². The molecule has 2 rings (SSSR count). The van der Waals surface area contributed by atoms with Crippen molar-refractivity contribution >= 4 is 27.6 Å². The first-order valence-corrected chi connectivity index (χ1v) is 9.31. The maximum Gasteiger partial charge on any atom is 0.246 e. The maximum absolute atomic E-state index is 12.5. The lowest BCUT2D eigenvalue weighted by Gasteiger charge is -2.13. The fourth-order valence-corrected chi connectivity index (χ4v) is 5.41. The Bertz CT molecular complexity index is 583. The summed E-state index contributed by atoms with van der Waals surface area (Å²) >= 11 is 1.90. The van der Waals surface area contributed by atoms with Crippen LogP contribution in [0.5, 0.6) is 0 Å². The summed E-state index contributed by atoms with van der Waals surface area (Å²) in [4.78, 5) is 0.117. The minimum absolute atomic E-state index is 0.00283. The van der Waals surface area contributed by atoms with Crippen molar-refractivity contribution in [2.45, 2.75) is 49.3 Å². The molecule has 1 aliphatic rings. The zero-order valence-electron chi connectivity index (χ0n) is 12.1. The molecule has 1 aromatic rings. The quantitative estimate of drug-likeness (QED) is 0.853. The molecule has 6 nitrogen and oxygen atoms in total. The fraction of sp³-hybridized carbons (Fsp3) is 0.750. The smallest absolute Gasteiger partial charge is 0.246 e. The van der Waals surface area contributed by atoms with Gasteiger partial charge in [0.15, 0.2) is 5.82 Å². The molecule has 8 heteroatoms. The number of nitrogens with two attached hydrogens (primary N) is 1. The van der Waals surface area contributed by atoms with Crippen LogP contribution in [0, 0.1) is 6.92 Å². The molecule has 0 spiro atoms. The average molecular weight is 318 g/mol. The first-order valence-electron chi connectivity index (χ1n) is 6.78. The van der Waals surface area contributed by atoms with Crippen molar-refractivity contribution in [3.8, 4) is 0 Å². The molecule has 0 aromatic carbocycles. The monoisotopic (exact) mass is 318 g/mol.